The Balaban J connectivity index is 0.000000253. The second-order valence-corrected chi connectivity index (χ2v) is 15.6. The zero-order chi connectivity index (χ0) is 41.6. The van der Waals surface area contributed by atoms with Crippen molar-refractivity contribution < 1.29 is 52.9 Å². The first-order chi connectivity index (χ1) is 27.0. The van der Waals surface area contributed by atoms with Gasteiger partial charge in [-0.2, -0.15) is 4.98 Å². The van der Waals surface area contributed by atoms with E-state index in [1.54, 1.807) is 74.2 Å². The quantitative estimate of drug-likeness (QED) is 0.0908. The van der Waals surface area contributed by atoms with Crippen molar-refractivity contribution in [1.29, 1.82) is 0 Å². The fraction of sp³-hybridized carbons (Fsp3) is 0.550. The highest BCUT2D eigenvalue weighted by Crippen LogP contribution is 2.31. The van der Waals surface area contributed by atoms with Gasteiger partial charge < -0.3 is 44.3 Å². The Kier molecular flexibility index (Phi) is 16.1. The van der Waals surface area contributed by atoms with Gasteiger partial charge in [0.15, 0.2) is 24.9 Å². The van der Waals surface area contributed by atoms with Crippen LogP contribution in [0.25, 0.3) is 0 Å². The van der Waals surface area contributed by atoms with Crippen LogP contribution in [0.5, 0.6) is 11.5 Å². The molecule has 312 valence electrons. The number of likely N-dealkylation sites (tertiary alicyclic amines) is 2. The molecule has 2 aromatic carbocycles. The van der Waals surface area contributed by atoms with E-state index < -0.39 is 29.3 Å². The number of carbonyl (C=O) groups excluding carboxylic acids is 3. The first-order valence-corrected chi connectivity index (χ1v) is 19.1. The predicted octanol–water partition coefficient (Wildman–Crippen LogP) is 5.77. The van der Waals surface area contributed by atoms with Crippen LogP contribution in [0, 0.1) is 0 Å². The number of hydrogen-bond acceptors (Lipinski definition) is 14. The van der Waals surface area contributed by atoms with Crippen LogP contribution >= 0.6 is 0 Å². The smallest absolute Gasteiger partial charge is 0.410 e. The molecule has 0 bridgehead atoms. The summed E-state index contributed by atoms with van der Waals surface area (Å²) in [6.07, 6.45) is 4.17. The van der Waals surface area contributed by atoms with E-state index in [1.165, 1.54) is 4.90 Å². The van der Waals surface area contributed by atoms with Gasteiger partial charge in [-0.3, -0.25) is 9.80 Å². The summed E-state index contributed by atoms with van der Waals surface area (Å²) in [5.74, 6) is 1.23. The molecule has 2 aliphatic heterocycles. The average Bonchev–Trinajstić information content (AvgIpc) is 3.66. The summed E-state index contributed by atoms with van der Waals surface area (Å²) < 4.78 is 27.2. The number of amidine groups is 1. The molecule has 0 spiro atoms. The number of oxime groups is 1. The number of benzene rings is 2. The number of nitrogens with zero attached hydrogens (tertiary/aromatic N) is 5. The lowest BCUT2D eigenvalue weighted by Crippen LogP contribution is -2.52. The number of aliphatic hydroxyl groups is 2. The summed E-state index contributed by atoms with van der Waals surface area (Å²) >= 11 is 0. The number of amides is 2. The summed E-state index contributed by atoms with van der Waals surface area (Å²) in [5.41, 5.74) is 6.36. The minimum Gasteiger partial charge on any atom is -0.484 e. The van der Waals surface area contributed by atoms with E-state index in [9.17, 15) is 14.4 Å². The number of aromatic nitrogens is 2. The van der Waals surface area contributed by atoms with E-state index in [2.05, 4.69) is 15.3 Å². The predicted molar refractivity (Wildman–Crippen MR) is 207 cm³/mol. The van der Waals surface area contributed by atoms with Crippen LogP contribution in [-0.4, -0.2) is 91.1 Å². The maximum atomic E-state index is 12.5. The minimum absolute atomic E-state index is 0.0111. The molecule has 0 aliphatic carbocycles. The number of aliphatic hydroxyl groups excluding tert-OH is 2. The van der Waals surface area contributed by atoms with Crippen LogP contribution in [0.2, 0.25) is 0 Å². The lowest BCUT2D eigenvalue weighted by molar-refractivity contribution is -0.146. The van der Waals surface area contributed by atoms with Gasteiger partial charge in [0.1, 0.15) is 22.7 Å². The number of carbonyl (C=O) groups is 3. The lowest BCUT2D eigenvalue weighted by atomic mass is 10.0. The van der Waals surface area contributed by atoms with E-state index in [4.69, 9.17) is 44.3 Å². The van der Waals surface area contributed by atoms with Crippen molar-refractivity contribution in [2.45, 2.75) is 123 Å². The summed E-state index contributed by atoms with van der Waals surface area (Å²) in [5, 5.41) is 25.8. The van der Waals surface area contributed by atoms with Crippen molar-refractivity contribution in [2.24, 2.45) is 10.9 Å². The molecule has 0 radical (unpaired) electrons. The van der Waals surface area contributed by atoms with Crippen molar-refractivity contribution in [2.75, 3.05) is 19.7 Å². The van der Waals surface area contributed by atoms with Gasteiger partial charge >= 0.3 is 18.2 Å². The maximum Gasteiger partial charge on any atom is 0.410 e. The van der Waals surface area contributed by atoms with E-state index in [0.717, 1.165) is 43.2 Å². The Morgan fingerprint density at radius 1 is 0.789 bits per heavy atom. The molecule has 5 rings (SSSR count). The Morgan fingerprint density at radius 3 is 1.88 bits per heavy atom. The standard InChI is InChI=1S/C20H29N3O6.C20H27N3O5/c1-20(2,3)28-19(26)23-11-5-4-6-16(23)18(21)22-29-17(25)13-27-15-9-7-14(12-24)8-10-15;1-20(2,3)27-19(25)23-11-5-4-6-16(23)18-21-17(28-22-18)13-26-15-9-7-14(12-24)8-10-15/h7-10,16,24H,4-6,11-13H2,1-3H3,(H2,21,22);7-10,16,24H,4-6,11-13H2,1-3H3/t2*16-/m00/s1. The van der Waals surface area contributed by atoms with E-state index in [-0.39, 0.29) is 44.4 Å². The molecule has 3 aromatic rings. The Hall–Kier alpha value is -5.42. The molecule has 2 amide bonds. The molecule has 3 heterocycles. The summed E-state index contributed by atoms with van der Waals surface area (Å²) in [4.78, 5) is 49.3. The normalized spacial score (nSPS) is 17.5. The van der Waals surface area contributed by atoms with Gasteiger partial charge in [-0.25, -0.2) is 14.4 Å². The minimum atomic E-state index is -0.723. The average molecular weight is 797 g/mol. The summed E-state index contributed by atoms with van der Waals surface area (Å²) in [6.45, 7) is 11.7. The lowest BCUT2D eigenvalue weighted by Gasteiger charge is -2.35. The van der Waals surface area contributed by atoms with Crippen molar-refractivity contribution in [3.8, 4) is 11.5 Å². The number of piperidine rings is 2. The summed E-state index contributed by atoms with van der Waals surface area (Å²) in [6, 6.07) is 13.0. The second-order valence-electron chi connectivity index (χ2n) is 15.6. The molecule has 2 fully saturated rings. The van der Waals surface area contributed by atoms with Crippen LogP contribution in [0.4, 0.5) is 9.59 Å². The van der Waals surface area contributed by atoms with Crippen LogP contribution < -0.4 is 15.2 Å². The molecule has 17 nitrogen and oxygen atoms in total. The van der Waals surface area contributed by atoms with Crippen molar-refractivity contribution in [1.82, 2.24) is 19.9 Å². The van der Waals surface area contributed by atoms with Crippen LogP contribution in [-0.2, 0) is 38.9 Å². The maximum absolute atomic E-state index is 12.5. The fourth-order valence-corrected chi connectivity index (χ4v) is 5.84. The zero-order valence-corrected chi connectivity index (χ0v) is 33.6. The second kappa shape index (κ2) is 20.7. The van der Waals surface area contributed by atoms with E-state index in [0.29, 0.717) is 42.7 Å². The highest BCUT2D eigenvalue weighted by molar-refractivity contribution is 5.89. The molecule has 2 saturated heterocycles. The Morgan fingerprint density at radius 2 is 1.32 bits per heavy atom. The largest absolute Gasteiger partial charge is 0.484 e. The topological polar surface area (TPSA) is 222 Å². The summed E-state index contributed by atoms with van der Waals surface area (Å²) in [7, 11) is 0. The van der Waals surface area contributed by atoms with Gasteiger partial charge in [-0.1, -0.05) is 34.6 Å². The van der Waals surface area contributed by atoms with Gasteiger partial charge in [0, 0.05) is 13.1 Å². The van der Waals surface area contributed by atoms with Gasteiger partial charge in [-0.05, 0) is 115 Å². The molecule has 2 aliphatic rings. The highest BCUT2D eigenvalue weighted by atomic mass is 16.7. The van der Waals surface area contributed by atoms with Gasteiger partial charge in [0.25, 0.3) is 5.89 Å². The SMILES string of the molecule is CC(C)(C)OC(=O)N1CCCC[C@H]1/C(N)=N/OC(=O)COc1ccc(CO)cc1.CC(C)(C)OC(=O)N1CCCC[C@H]1c1noc(COc2ccc(CO)cc2)n1. The first kappa shape index (κ1) is 44.3. The third-order valence-electron chi connectivity index (χ3n) is 8.57. The number of hydrogen-bond donors (Lipinski definition) is 3. The van der Waals surface area contributed by atoms with E-state index >= 15 is 0 Å². The Bertz CT molecular complexity index is 1770. The van der Waals surface area contributed by atoms with Gasteiger partial charge in [0.2, 0.25) is 0 Å². The molecule has 1 aromatic heterocycles. The van der Waals surface area contributed by atoms with Crippen molar-refractivity contribution >= 4 is 24.0 Å². The molecule has 2 atom stereocenters. The monoisotopic (exact) mass is 796 g/mol. The van der Waals surface area contributed by atoms with Gasteiger partial charge in [0.05, 0.1) is 25.3 Å². The van der Waals surface area contributed by atoms with Crippen molar-refractivity contribution in [3.63, 3.8) is 0 Å². The van der Waals surface area contributed by atoms with Crippen LogP contribution in [0.15, 0.2) is 58.2 Å². The molecule has 0 saturated carbocycles. The zero-order valence-electron chi connectivity index (χ0n) is 33.6. The molecule has 4 N–H and O–H groups in total. The highest BCUT2D eigenvalue weighted by Gasteiger charge is 2.35. The van der Waals surface area contributed by atoms with Crippen LogP contribution in [0.3, 0.4) is 0 Å². The fourth-order valence-electron chi connectivity index (χ4n) is 5.84. The van der Waals surface area contributed by atoms with Gasteiger partial charge in [-0.15, -0.1) is 0 Å². The van der Waals surface area contributed by atoms with E-state index in [1.807, 2.05) is 20.8 Å². The number of rotatable bonds is 11. The molecule has 57 heavy (non-hydrogen) atoms. The third-order valence-corrected chi connectivity index (χ3v) is 8.57. The molecular weight excluding hydrogens is 740 g/mol. The molecular formula is C40H56N6O11. The Labute approximate surface area is 333 Å². The first-order valence-electron chi connectivity index (χ1n) is 19.1. The molecule has 17 heteroatoms. The number of ether oxygens (including phenoxy) is 4. The molecule has 0 unspecified atom stereocenters. The van der Waals surface area contributed by atoms with Crippen molar-refractivity contribution in [3.05, 3.63) is 71.4 Å². The van der Waals surface area contributed by atoms with Crippen LogP contribution in [0.1, 0.15) is 109 Å². The third kappa shape index (κ3) is 14.5. The number of nitrogens with two attached hydrogens (primary N) is 1.